The molecule has 1 saturated heterocycles. The van der Waals surface area contributed by atoms with E-state index in [-0.39, 0.29) is 18.5 Å². The van der Waals surface area contributed by atoms with E-state index in [1.807, 2.05) is 13.1 Å². The topological polar surface area (TPSA) is 21.3 Å². The van der Waals surface area contributed by atoms with Crippen molar-refractivity contribution in [1.82, 2.24) is 5.32 Å². The van der Waals surface area contributed by atoms with Gasteiger partial charge in [0.15, 0.2) is 0 Å². The maximum atomic E-state index is 5.68. The molecule has 2 rings (SSSR count). The van der Waals surface area contributed by atoms with Crippen LogP contribution in [0.3, 0.4) is 0 Å². The molecule has 1 aliphatic rings. The molecule has 0 aliphatic carbocycles. The first kappa shape index (κ1) is 11.5. The van der Waals surface area contributed by atoms with Gasteiger partial charge in [0, 0.05) is 12.6 Å². The first-order valence-corrected chi connectivity index (χ1v) is 4.75. The fourth-order valence-corrected chi connectivity index (χ4v) is 1.86. The zero-order chi connectivity index (χ0) is 9.10. The lowest BCUT2D eigenvalue weighted by atomic mass is 10.0. The predicted molar refractivity (Wildman–Crippen MR) is 59.8 cm³/mol. The van der Waals surface area contributed by atoms with Crippen LogP contribution in [0.15, 0.2) is 30.3 Å². The average molecular weight is 214 g/mol. The zero-order valence-electron chi connectivity index (χ0n) is 8.27. The fraction of sp³-hybridized carbons (Fsp3) is 0.455. The Morgan fingerprint density at radius 3 is 2.64 bits per heavy atom. The van der Waals surface area contributed by atoms with Crippen molar-refractivity contribution in [3.05, 3.63) is 35.9 Å². The molecule has 0 radical (unpaired) electrons. The van der Waals surface area contributed by atoms with Gasteiger partial charge in [0.25, 0.3) is 0 Å². The normalized spacial score (nSPS) is 25.8. The molecule has 2 atom stereocenters. The van der Waals surface area contributed by atoms with Crippen LogP contribution in [0.4, 0.5) is 0 Å². The second kappa shape index (κ2) is 5.35. The number of halogens is 1. The second-order valence-electron chi connectivity index (χ2n) is 3.39. The molecule has 0 amide bonds. The largest absolute Gasteiger partial charge is 0.372 e. The van der Waals surface area contributed by atoms with E-state index in [1.54, 1.807) is 0 Å². The number of nitrogens with one attached hydrogen (secondary N) is 1. The van der Waals surface area contributed by atoms with Gasteiger partial charge in [0.1, 0.15) is 0 Å². The van der Waals surface area contributed by atoms with Crippen molar-refractivity contribution >= 4 is 12.4 Å². The third kappa shape index (κ3) is 2.27. The lowest BCUT2D eigenvalue weighted by Crippen LogP contribution is -2.27. The zero-order valence-corrected chi connectivity index (χ0v) is 9.09. The van der Waals surface area contributed by atoms with Gasteiger partial charge in [-0.1, -0.05) is 30.3 Å². The van der Waals surface area contributed by atoms with Crippen molar-refractivity contribution in [1.29, 1.82) is 0 Å². The molecule has 0 spiro atoms. The molecule has 1 aromatic rings. The molecule has 0 saturated carbocycles. The number of rotatable bonds is 2. The maximum absolute atomic E-state index is 5.68. The van der Waals surface area contributed by atoms with Crippen LogP contribution in [0.2, 0.25) is 0 Å². The van der Waals surface area contributed by atoms with E-state index in [2.05, 4.69) is 29.6 Å². The van der Waals surface area contributed by atoms with E-state index in [0.29, 0.717) is 6.04 Å². The summed E-state index contributed by atoms with van der Waals surface area (Å²) in [7, 11) is 2.00. The van der Waals surface area contributed by atoms with Crippen LogP contribution in [0, 0.1) is 0 Å². The minimum absolute atomic E-state index is 0. The van der Waals surface area contributed by atoms with E-state index < -0.39 is 0 Å². The molecular weight excluding hydrogens is 198 g/mol. The molecule has 1 aliphatic heterocycles. The molecule has 3 heteroatoms. The third-order valence-corrected chi connectivity index (χ3v) is 2.59. The number of ether oxygens (including phenoxy) is 1. The Balaban J connectivity index is 0.000000980. The van der Waals surface area contributed by atoms with Gasteiger partial charge in [-0.2, -0.15) is 0 Å². The Hall–Kier alpha value is -0.570. The van der Waals surface area contributed by atoms with E-state index in [4.69, 9.17) is 4.74 Å². The highest BCUT2D eigenvalue weighted by atomic mass is 35.5. The van der Waals surface area contributed by atoms with Crippen LogP contribution in [-0.2, 0) is 4.74 Å². The van der Waals surface area contributed by atoms with Gasteiger partial charge in [-0.3, -0.25) is 0 Å². The fourth-order valence-electron chi connectivity index (χ4n) is 1.86. The van der Waals surface area contributed by atoms with Crippen molar-refractivity contribution in [2.24, 2.45) is 0 Å². The number of benzene rings is 1. The van der Waals surface area contributed by atoms with Crippen LogP contribution in [0.5, 0.6) is 0 Å². The second-order valence-corrected chi connectivity index (χ2v) is 3.39. The lowest BCUT2D eigenvalue weighted by molar-refractivity contribution is 0.100. The molecule has 1 heterocycles. The SMILES string of the molecule is CN[C@@H]1CCO[C@H]1c1ccccc1.Cl. The Morgan fingerprint density at radius 2 is 2.00 bits per heavy atom. The van der Waals surface area contributed by atoms with Gasteiger partial charge >= 0.3 is 0 Å². The minimum Gasteiger partial charge on any atom is -0.372 e. The van der Waals surface area contributed by atoms with Gasteiger partial charge in [-0.25, -0.2) is 0 Å². The highest BCUT2D eigenvalue weighted by molar-refractivity contribution is 5.85. The van der Waals surface area contributed by atoms with Gasteiger partial charge in [0.05, 0.1) is 6.10 Å². The van der Waals surface area contributed by atoms with Crippen molar-refractivity contribution < 1.29 is 4.74 Å². The quantitative estimate of drug-likeness (QED) is 0.813. The summed E-state index contributed by atoms with van der Waals surface area (Å²) in [4.78, 5) is 0. The number of hydrogen-bond donors (Lipinski definition) is 1. The molecule has 0 bridgehead atoms. The van der Waals surface area contributed by atoms with Crippen LogP contribution in [0.1, 0.15) is 18.1 Å². The maximum Gasteiger partial charge on any atom is 0.0978 e. The molecule has 2 nitrogen and oxygen atoms in total. The Bertz CT molecular complexity index is 265. The first-order valence-electron chi connectivity index (χ1n) is 4.75. The molecule has 0 aromatic heterocycles. The highest BCUT2D eigenvalue weighted by Gasteiger charge is 2.27. The monoisotopic (exact) mass is 213 g/mol. The van der Waals surface area contributed by atoms with Crippen molar-refractivity contribution in [3.63, 3.8) is 0 Å². The standard InChI is InChI=1S/C11H15NO.ClH/c1-12-10-7-8-13-11(10)9-5-3-2-4-6-9;/h2-6,10-12H,7-8H2,1H3;1H/t10-,11+;/m1./s1. The third-order valence-electron chi connectivity index (χ3n) is 2.59. The van der Waals surface area contributed by atoms with E-state index >= 15 is 0 Å². The Morgan fingerprint density at radius 1 is 1.29 bits per heavy atom. The summed E-state index contributed by atoms with van der Waals surface area (Å²) < 4.78 is 5.68. The highest BCUT2D eigenvalue weighted by Crippen LogP contribution is 2.28. The van der Waals surface area contributed by atoms with Crippen LogP contribution in [-0.4, -0.2) is 19.7 Å². The molecule has 14 heavy (non-hydrogen) atoms. The van der Waals surface area contributed by atoms with Gasteiger partial charge in [-0.05, 0) is 19.0 Å². The summed E-state index contributed by atoms with van der Waals surface area (Å²) >= 11 is 0. The summed E-state index contributed by atoms with van der Waals surface area (Å²) in [5, 5.41) is 3.29. The van der Waals surface area contributed by atoms with Crippen LogP contribution in [0.25, 0.3) is 0 Å². The smallest absolute Gasteiger partial charge is 0.0978 e. The van der Waals surface area contributed by atoms with Gasteiger partial charge in [-0.15, -0.1) is 12.4 Å². The summed E-state index contributed by atoms with van der Waals surface area (Å²) in [6.45, 7) is 0.866. The summed E-state index contributed by atoms with van der Waals surface area (Å²) in [5.41, 5.74) is 1.28. The van der Waals surface area contributed by atoms with E-state index in [9.17, 15) is 0 Å². The van der Waals surface area contributed by atoms with Crippen molar-refractivity contribution in [2.45, 2.75) is 18.6 Å². The van der Waals surface area contributed by atoms with Crippen molar-refractivity contribution in [3.8, 4) is 0 Å². The Labute approximate surface area is 91.1 Å². The van der Waals surface area contributed by atoms with Gasteiger partial charge in [0.2, 0.25) is 0 Å². The minimum atomic E-state index is 0. The molecular formula is C11H16ClNO. The van der Waals surface area contributed by atoms with Crippen molar-refractivity contribution in [2.75, 3.05) is 13.7 Å². The first-order chi connectivity index (χ1) is 6.42. The van der Waals surface area contributed by atoms with E-state index in [0.717, 1.165) is 13.0 Å². The van der Waals surface area contributed by atoms with Crippen LogP contribution >= 0.6 is 12.4 Å². The summed E-state index contributed by atoms with van der Waals surface area (Å²) in [6.07, 6.45) is 1.35. The lowest BCUT2D eigenvalue weighted by Gasteiger charge is -2.17. The molecule has 0 unspecified atom stereocenters. The predicted octanol–water partition coefficient (Wildman–Crippen LogP) is 2.16. The molecule has 1 aromatic carbocycles. The molecule has 78 valence electrons. The molecule has 1 fully saturated rings. The molecule has 1 N–H and O–H groups in total. The van der Waals surface area contributed by atoms with Crippen LogP contribution < -0.4 is 5.32 Å². The number of likely N-dealkylation sites (N-methyl/N-ethyl adjacent to an activating group) is 1. The van der Waals surface area contributed by atoms with Gasteiger partial charge < -0.3 is 10.1 Å². The van der Waals surface area contributed by atoms with E-state index in [1.165, 1.54) is 5.56 Å². The average Bonchev–Trinajstić information content (AvgIpc) is 2.67. The number of hydrogen-bond acceptors (Lipinski definition) is 2. The Kier molecular flexibility index (Phi) is 4.39. The summed E-state index contributed by atoms with van der Waals surface area (Å²) in [6, 6.07) is 10.9. The summed E-state index contributed by atoms with van der Waals surface area (Å²) in [5.74, 6) is 0.